The second-order valence-corrected chi connectivity index (χ2v) is 4.28. The average Bonchev–Trinajstić information content (AvgIpc) is 2.69. The first kappa shape index (κ1) is 10.3. The van der Waals surface area contributed by atoms with Crippen molar-refractivity contribution in [1.82, 2.24) is 10.6 Å². The number of hydrogen-bond donors (Lipinski definition) is 2. The van der Waals surface area contributed by atoms with E-state index in [4.69, 9.17) is 4.74 Å². The molecule has 4 heteroatoms. The molecular weight excluding hydrogens is 183 g/mol. The first-order valence-electron chi connectivity index (χ1n) is 5.53. The Morgan fingerprint density at radius 2 is 2.21 bits per heavy atom. The van der Waals surface area contributed by atoms with Crippen LogP contribution in [-0.4, -0.2) is 38.1 Å². The maximum Gasteiger partial charge on any atom is 0.125 e. The van der Waals surface area contributed by atoms with Crippen LogP contribution in [0.25, 0.3) is 0 Å². The lowest BCUT2D eigenvalue weighted by molar-refractivity contribution is 0.0492. The summed E-state index contributed by atoms with van der Waals surface area (Å²) in [5, 5.41) is 6.34. The van der Waals surface area contributed by atoms with E-state index in [1.165, 1.54) is 0 Å². The van der Waals surface area contributed by atoms with E-state index in [-0.39, 0.29) is 6.23 Å². The van der Waals surface area contributed by atoms with Gasteiger partial charge in [0.15, 0.2) is 0 Å². The van der Waals surface area contributed by atoms with E-state index < -0.39 is 5.67 Å². The fraction of sp³-hybridized carbons (Fsp3) is 1.00. The van der Waals surface area contributed by atoms with E-state index >= 15 is 0 Å². The van der Waals surface area contributed by atoms with Crippen LogP contribution in [0.3, 0.4) is 0 Å². The van der Waals surface area contributed by atoms with Gasteiger partial charge in [0.05, 0.1) is 0 Å². The molecule has 0 amide bonds. The van der Waals surface area contributed by atoms with Gasteiger partial charge in [0, 0.05) is 13.2 Å². The zero-order valence-corrected chi connectivity index (χ0v) is 8.52. The van der Waals surface area contributed by atoms with Crippen LogP contribution in [0.5, 0.6) is 0 Å². The molecule has 3 nitrogen and oxygen atoms in total. The fourth-order valence-electron chi connectivity index (χ4n) is 2.09. The maximum atomic E-state index is 14.1. The molecule has 0 aromatic rings. The lowest BCUT2D eigenvalue weighted by Crippen LogP contribution is -2.47. The van der Waals surface area contributed by atoms with Crippen molar-refractivity contribution in [3.63, 3.8) is 0 Å². The zero-order chi connectivity index (χ0) is 9.86. The van der Waals surface area contributed by atoms with Gasteiger partial charge in [-0.05, 0) is 38.8 Å². The molecule has 0 aromatic carbocycles. The first-order valence-corrected chi connectivity index (χ1v) is 5.53. The summed E-state index contributed by atoms with van der Waals surface area (Å²) in [7, 11) is 0. The molecule has 0 radical (unpaired) electrons. The van der Waals surface area contributed by atoms with Gasteiger partial charge in [-0.1, -0.05) is 0 Å². The Labute approximate surface area is 84.4 Å². The Hall–Kier alpha value is -0.190. The van der Waals surface area contributed by atoms with Gasteiger partial charge in [-0.15, -0.1) is 0 Å². The highest BCUT2D eigenvalue weighted by Gasteiger charge is 2.32. The second-order valence-electron chi connectivity index (χ2n) is 4.28. The van der Waals surface area contributed by atoms with Crippen LogP contribution < -0.4 is 10.6 Å². The Balaban J connectivity index is 1.72. The van der Waals surface area contributed by atoms with Gasteiger partial charge in [0.2, 0.25) is 0 Å². The standard InChI is InChI=1S/C10H19FN2O/c11-10(3-5-12-6-4-10)8-13-9-2-1-7-14-9/h9,12-13H,1-8H2. The first-order chi connectivity index (χ1) is 6.79. The Morgan fingerprint density at radius 1 is 1.43 bits per heavy atom. The van der Waals surface area contributed by atoms with Crippen molar-refractivity contribution in [3.8, 4) is 0 Å². The molecule has 1 atom stereocenters. The van der Waals surface area contributed by atoms with E-state index in [0.717, 1.165) is 32.5 Å². The van der Waals surface area contributed by atoms with Gasteiger partial charge >= 0.3 is 0 Å². The molecule has 82 valence electrons. The molecular formula is C10H19FN2O. The number of rotatable bonds is 3. The van der Waals surface area contributed by atoms with Crippen molar-refractivity contribution in [2.24, 2.45) is 0 Å². The third kappa shape index (κ3) is 2.65. The minimum Gasteiger partial charge on any atom is -0.363 e. The van der Waals surface area contributed by atoms with E-state index in [0.29, 0.717) is 19.4 Å². The summed E-state index contributed by atoms with van der Waals surface area (Å²) >= 11 is 0. The highest BCUT2D eigenvalue weighted by Crippen LogP contribution is 2.22. The molecule has 2 saturated heterocycles. The molecule has 2 aliphatic heterocycles. The molecule has 2 rings (SSSR count). The molecule has 0 bridgehead atoms. The van der Waals surface area contributed by atoms with Crippen molar-refractivity contribution < 1.29 is 9.13 Å². The number of alkyl halides is 1. The lowest BCUT2D eigenvalue weighted by atomic mass is 9.94. The molecule has 0 spiro atoms. The van der Waals surface area contributed by atoms with Gasteiger partial charge in [-0.2, -0.15) is 0 Å². The van der Waals surface area contributed by atoms with Gasteiger partial charge in [-0.25, -0.2) is 4.39 Å². The highest BCUT2D eigenvalue weighted by atomic mass is 19.1. The third-order valence-corrected chi connectivity index (χ3v) is 3.08. The molecule has 1 unspecified atom stereocenters. The molecule has 2 aliphatic rings. The molecule has 0 aliphatic carbocycles. The zero-order valence-electron chi connectivity index (χ0n) is 8.52. The van der Waals surface area contributed by atoms with Crippen molar-refractivity contribution in [2.45, 2.75) is 37.6 Å². The molecule has 2 heterocycles. The van der Waals surface area contributed by atoms with Crippen LogP contribution in [0.1, 0.15) is 25.7 Å². The normalized spacial score (nSPS) is 31.9. The molecule has 0 aromatic heterocycles. The summed E-state index contributed by atoms with van der Waals surface area (Å²) in [5.41, 5.74) is -1.02. The summed E-state index contributed by atoms with van der Waals surface area (Å²) in [6.07, 6.45) is 3.45. The van der Waals surface area contributed by atoms with Crippen LogP contribution in [0, 0.1) is 0 Å². The van der Waals surface area contributed by atoms with Crippen LogP contribution >= 0.6 is 0 Å². The van der Waals surface area contributed by atoms with Gasteiger partial charge in [0.1, 0.15) is 11.9 Å². The second kappa shape index (κ2) is 4.55. The van der Waals surface area contributed by atoms with E-state index in [9.17, 15) is 4.39 Å². The largest absolute Gasteiger partial charge is 0.363 e. The average molecular weight is 202 g/mol. The van der Waals surface area contributed by atoms with Crippen molar-refractivity contribution >= 4 is 0 Å². The number of ether oxygens (including phenoxy) is 1. The van der Waals surface area contributed by atoms with E-state index in [1.54, 1.807) is 0 Å². The highest BCUT2D eigenvalue weighted by molar-refractivity contribution is 4.87. The Morgan fingerprint density at radius 3 is 2.86 bits per heavy atom. The summed E-state index contributed by atoms with van der Waals surface area (Å²) in [5.74, 6) is 0. The van der Waals surface area contributed by atoms with Gasteiger partial charge in [0.25, 0.3) is 0 Å². The predicted molar refractivity (Wildman–Crippen MR) is 52.9 cm³/mol. The maximum absolute atomic E-state index is 14.1. The minimum absolute atomic E-state index is 0.0949. The van der Waals surface area contributed by atoms with Gasteiger partial charge in [-0.3, -0.25) is 5.32 Å². The minimum atomic E-state index is -1.02. The van der Waals surface area contributed by atoms with Crippen LogP contribution in [0.4, 0.5) is 4.39 Å². The molecule has 14 heavy (non-hydrogen) atoms. The number of piperidine rings is 1. The number of nitrogens with one attached hydrogen (secondary N) is 2. The van der Waals surface area contributed by atoms with E-state index in [2.05, 4.69) is 10.6 Å². The third-order valence-electron chi connectivity index (χ3n) is 3.08. The SMILES string of the molecule is FC1(CNC2CCCO2)CCNCC1. The predicted octanol–water partition coefficient (Wildman–Crippen LogP) is 0.804. The molecule has 2 N–H and O–H groups in total. The topological polar surface area (TPSA) is 33.3 Å². The van der Waals surface area contributed by atoms with Crippen molar-refractivity contribution in [3.05, 3.63) is 0 Å². The van der Waals surface area contributed by atoms with Crippen LogP contribution in [0.2, 0.25) is 0 Å². The smallest absolute Gasteiger partial charge is 0.125 e. The molecule has 0 saturated carbocycles. The quantitative estimate of drug-likeness (QED) is 0.710. The summed E-state index contributed by atoms with van der Waals surface area (Å²) in [4.78, 5) is 0. The lowest BCUT2D eigenvalue weighted by Gasteiger charge is -2.31. The van der Waals surface area contributed by atoms with Crippen molar-refractivity contribution in [1.29, 1.82) is 0 Å². The Bertz CT molecular complexity index is 177. The summed E-state index contributed by atoms with van der Waals surface area (Å²) in [6, 6.07) is 0. The van der Waals surface area contributed by atoms with Crippen molar-refractivity contribution in [2.75, 3.05) is 26.2 Å². The molecule has 2 fully saturated rings. The monoisotopic (exact) mass is 202 g/mol. The van der Waals surface area contributed by atoms with E-state index in [1.807, 2.05) is 0 Å². The van der Waals surface area contributed by atoms with Crippen LogP contribution in [-0.2, 0) is 4.74 Å². The number of halogens is 1. The van der Waals surface area contributed by atoms with Crippen LogP contribution in [0.15, 0.2) is 0 Å². The summed E-state index contributed by atoms with van der Waals surface area (Å²) < 4.78 is 19.5. The number of hydrogen-bond acceptors (Lipinski definition) is 3. The summed E-state index contributed by atoms with van der Waals surface area (Å²) in [6.45, 7) is 2.85. The van der Waals surface area contributed by atoms with Gasteiger partial charge < -0.3 is 10.1 Å². The Kier molecular flexibility index (Phi) is 3.36. The fourth-order valence-corrected chi connectivity index (χ4v) is 2.09.